The molecule has 20 heavy (non-hydrogen) atoms. The second-order valence-electron chi connectivity index (χ2n) is 6.09. The van der Waals surface area contributed by atoms with Crippen molar-refractivity contribution in [2.24, 2.45) is 5.92 Å². The van der Waals surface area contributed by atoms with Crippen LogP contribution in [0.2, 0.25) is 0 Å². The van der Waals surface area contributed by atoms with Crippen molar-refractivity contribution in [3.63, 3.8) is 0 Å². The molecule has 1 N–H and O–H groups in total. The zero-order chi connectivity index (χ0) is 14.5. The van der Waals surface area contributed by atoms with Gasteiger partial charge >= 0.3 is 6.03 Å². The number of nitrogens with one attached hydrogen (secondary N) is 1. The molecular weight excluding hydrogens is 258 g/mol. The van der Waals surface area contributed by atoms with Crippen molar-refractivity contribution in [3.05, 3.63) is 0 Å². The lowest BCUT2D eigenvalue weighted by Gasteiger charge is -2.42. The van der Waals surface area contributed by atoms with Crippen LogP contribution in [0.15, 0.2) is 0 Å². The number of urea groups is 1. The Morgan fingerprint density at radius 3 is 2.80 bits per heavy atom. The average Bonchev–Trinajstić information content (AvgIpc) is 2.45. The van der Waals surface area contributed by atoms with Crippen LogP contribution in [0.1, 0.15) is 33.1 Å². The third-order valence-electron chi connectivity index (χ3n) is 4.07. The molecule has 2 fully saturated rings. The van der Waals surface area contributed by atoms with Gasteiger partial charge in [-0.3, -0.25) is 0 Å². The molecule has 0 saturated carbocycles. The Hall–Kier alpha value is -0.850. The van der Waals surface area contributed by atoms with Crippen molar-refractivity contribution < 1.29 is 14.4 Å². The summed E-state index contributed by atoms with van der Waals surface area (Å²) < 4.78 is 5.44. The number of hydrogen-bond donors (Lipinski definition) is 1. The van der Waals surface area contributed by atoms with E-state index in [4.69, 9.17) is 9.57 Å². The number of rotatable bonds is 3. The van der Waals surface area contributed by atoms with Gasteiger partial charge < -0.3 is 14.5 Å². The quantitative estimate of drug-likeness (QED) is 0.797. The van der Waals surface area contributed by atoms with Gasteiger partial charge in [-0.05, 0) is 25.8 Å². The van der Waals surface area contributed by atoms with Crippen molar-refractivity contribution >= 4 is 6.03 Å². The molecule has 0 aromatic heterocycles. The maximum absolute atomic E-state index is 12.3. The van der Waals surface area contributed by atoms with E-state index in [1.807, 2.05) is 4.90 Å². The summed E-state index contributed by atoms with van der Waals surface area (Å²) in [6.07, 6.45) is 2.71. The van der Waals surface area contributed by atoms with E-state index in [9.17, 15) is 4.79 Å². The minimum absolute atomic E-state index is 0.147. The highest BCUT2D eigenvalue weighted by atomic mass is 16.8. The van der Waals surface area contributed by atoms with Crippen molar-refractivity contribution in [2.45, 2.75) is 45.4 Å². The van der Waals surface area contributed by atoms with Crippen molar-refractivity contribution in [2.75, 3.05) is 33.3 Å². The van der Waals surface area contributed by atoms with Gasteiger partial charge in [0.05, 0.1) is 0 Å². The summed E-state index contributed by atoms with van der Waals surface area (Å²) in [6, 6.07) is 0.0793. The molecule has 2 rings (SSSR count). The van der Waals surface area contributed by atoms with E-state index in [0.29, 0.717) is 12.5 Å². The molecule has 2 aliphatic rings. The zero-order valence-electron chi connectivity index (χ0n) is 12.8. The van der Waals surface area contributed by atoms with Crippen molar-refractivity contribution in [1.82, 2.24) is 15.3 Å². The van der Waals surface area contributed by atoms with Crippen LogP contribution < -0.4 is 5.48 Å². The van der Waals surface area contributed by atoms with Gasteiger partial charge in [-0.2, -0.15) is 0 Å². The fourth-order valence-corrected chi connectivity index (χ4v) is 2.76. The van der Waals surface area contributed by atoms with E-state index < -0.39 is 0 Å². The predicted octanol–water partition coefficient (Wildman–Crippen LogP) is 1.43. The van der Waals surface area contributed by atoms with Gasteiger partial charge in [-0.15, -0.1) is 0 Å². The molecule has 2 amide bonds. The van der Waals surface area contributed by atoms with Gasteiger partial charge in [0.25, 0.3) is 0 Å². The van der Waals surface area contributed by atoms with Gasteiger partial charge in [0.2, 0.25) is 0 Å². The Morgan fingerprint density at radius 1 is 1.35 bits per heavy atom. The normalized spacial score (nSPS) is 28.7. The van der Waals surface area contributed by atoms with Crippen LogP contribution in [-0.2, 0) is 9.57 Å². The van der Waals surface area contributed by atoms with Crippen LogP contribution in [0.4, 0.5) is 4.79 Å². The molecule has 2 heterocycles. The first-order chi connectivity index (χ1) is 9.58. The summed E-state index contributed by atoms with van der Waals surface area (Å²) in [4.78, 5) is 21.8. The van der Waals surface area contributed by atoms with E-state index in [2.05, 4.69) is 31.3 Å². The zero-order valence-corrected chi connectivity index (χ0v) is 12.8. The third-order valence-corrected chi connectivity index (χ3v) is 4.07. The number of hydroxylamine groups is 1. The van der Waals surface area contributed by atoms with E-state index in [1.54, 1.807) is 0 Å². The monoisotopic (exact) mass is 285 g/mol. The maximum atomic E-state index is 12.3. The van der Waals surface area contributed by atoms with Gasteiger partial charge in [0, 0.05) is 38.7 Å². The largest absolute Gasteiger partial charge is 0.350 e. The first-order valence-electron chi connectivity index (χ1n) is 7.60. The van der Waals surface area contributed by atoms with Gasteiger partial charge in [0.1, 0.15) is 0 Å². The number of likely N-dealkylation sites (N-methyl/N-ethyl adjacent to an activating group) is 1. The van der Waals surface area contributed by atoms with Crippen LogP contribution in [-0.4, -0.2) is 61.5 Å². The molecule has 0 radical (unpaired) electrons. The highest BCUT2D eigenvalue weighted by Gasteiger charge is 2.31. The summed E-state index contributed by atoms with van der Waals surface area (Å²) in [7, 11) is 2.09. The first-order valence-corrected chi connectivity index (χ1v) is 7.60. The lowest BCUT2D eigenvalue weighted by molar-refractivity contribution is -0.188. The number of hydrogen-bond acceptors (Lipinski definition) is 4. The number of carbonyl (C=O) groups is 1. The van der Waals surface area contributed by atoms with Gasteiger partial charge in [-0.25, -0.2) is 15.1 Å². The number of piperazine rings is 1. The van der Waals surface area contributed by atoms with Crippen LogP contribution in [0.3, 0.4) is 0 Å². The molecule has 0 spiro atoms. The molecule has 2 saturated heterocycles. The SMILES string of the molecule is CC(C)[C@H]1CN(C)CCN1C(=O)NO[C@@H]1CCCCO1. The molecule has 6 nitrogen and oxygen atoms in total. The topological polar surface area (TPSA) is 54.0 Å². The molecule has 0 aromatic rings. The molecule has 0 aromatic carbocycles. The maximum Gasteiger partial charge on any atom is 0.341 e. The van der Waals surface area contributed by atoms with Crippen LogP contribution in [0.5, 0.6) is 0 Å². The fourth-order valence-electron chi connectivity index (χ4n) is 2.76. The van der Waals surface area contributed by atoms with E-state index >= 15 is 0 Å². The van der Waals surface area contributed by atoms with Gasteiger partial charge in [0.15, 0.2) is 6.29 Å². The highest BCUT2D eigenvalue weighted by molar-refractivity contribution is 5.73. The summed E-state index contributed by atoms with van der Waals surface area (Å²) >= 11 is 0. The molecule has 116 valence electrons. The van der Waals surface area contributed by atoms with Crippen LogP contribution in [0.25, 0.3) is 0 Å². The first kappa shape index (κ1) is 15.5. The van der Waals surface area contributed by atoms with Crippen molar-refractivity contribution in [1.29, 1.82) is 0 Å². The predicted molar refractivity (Wildman–Crippen MR) is 76.0 cm³/mol. The Morgan fingerprint density at radius 2 is 2.15 bits per heavy atom. The van der Waals surface area contributed by atoms with E-state index in [0.717, 1.165) is 38.9 Å². The number of carbonyl (C=O) groups excluding carboxylic acids is 1. The lowest BCUT2D eigenvalue weighted by Crippen LogP contribution is -2.58. The molecule has 2 aliphatic heterocycles. The minimum atomic E-state index is -0.294. The average molecular weight is 285 g/mol. The fraction of sp³-hybridized carbons (Fsp3) is 0.929. The number of ether oxygens (including phenoxy) is 1. The van der Waals surface area contributed by atoms with Gasteiger partial charge in [-0.1, -0.05) is 13.8 Å². The standard InChI is InChI=1S/C14H27N3O3/c1-11(2)12-10-16(3)7-8-17(12)14(18)15-20-13-6-4-5-9-19-13/h11-13H,4-10H2,1-3H3,(H,15,18)/t12-,13-/m1/s1. The van der Waals surface area contributed by atoms with Crippen LogP contribution in [0, 0.1) is 5.92 Å². The summed E-state index contributed by atoms with van der Waals surface area (Å²) in [6.45, 7) is 7.55. The van der Waals surface area contributed by atoms with Crippen molar-refractivity contribution in [3.8, 4) is 0 Å². The summed E-state index contributed by atoms with van der Waals surface area (Å²) in [5.74, 6) is 0.425. The second-order valence-corrected chi connectivity index (χ2v) is 6.09. The molecular formula is C14H27N3O3. The summed E-state index contributed by atoms with van der Waals surface area (Å²) in [5.41, 5.74) is 2.57. The van der Waals surface area contributed by atoms with E-state index in [-0.39, 0.29) is 18.4 Å². The molecule has 0 aliphatic carbocycles. The highest BCUT2D eigenvalue weighted by Crippen LogP contribution is 2.17. The summed E-state index contributed by atoms with van der Waals surface area (Å²) in [5, 5.41) is 0. The molecule has 2 atom stereocenters. The smallest absolute Gasteiger partial charge is 0.341 e. The Balaban J connectivity index is 1.83. The Kier molecular flexibility index (Phi) is 5.63. The molecule has 0 bridgehead atoms. The lowest BCUT2D eigenvalue weighted by atomic mass is 10.0. The Labute approximate surface area is 121 Å². The molecule has 6 heteroatoms. The molecule has 0 unspecified atom stereocenters. The Bertz CT molecular complexity index is 319. The number of nitrogens with zero attached hydrogens (tertiary/aromatic N) is 2. The van der Waals surface area contributed by atoms with E-state index in [1.165, 1.54) is 0 Å². The van der Waals surface area contributed by atoms with Crippen LogP contribution >= 0.6 is 0 Å². The second kappa shape index (κ2) is 7.24. The number of amides is 2. The minimum Gasteiger partial charge on any atom is -0.350 e. The third kappa shape index (κ3) is 4.07.